The zero-order chi connectivity index (χ0) is 15.4. The van der Waals surface area contributed by atoms with Crippen molar-refractivity contribution >= 4 is 33.4 Å². The number of benzene rings is 1. The van der Waals surface area contributed by atoms with E-state index in [4.69, 9.17) is 0 Å². The summed E-state index contributed by atoms with van der Waals surface area (Å²) in [5, 5.41) is 0. The summed E-state index contributed by atoms with van der Waals surface area (Å²) >= 11 is 3.37. The quantitative estimate of drug-likeness (QED) is 0.838. The van der Waals surface area contributed by atoms with Crippen LogP contribution in [0.4, 0.5) is 5.69 Å². The fourth-order valence-electron chi connectivity index (χ4n) is 2.50. The topological polar surface area (TPSA) is 40.6 Å². The lowest BCUT2D eigenvalue weighted by atomic mass is 9.99. The molecule has 1 aromatic rings. The Hall–Kier alpha value is -1.36. The summed E-state index contributed by atoms with van der Waals surface area (Å²) in [5.74, 6) is 0.598. The molecule has 2 rings (SSSR count). The highest BCUT2D eigenvalue weighted by Crippen LogP contribution is 2.20. The maximum Gasteiger partial charge on any atom is 0.242 e. The number of piperidine rings is 1. The van der Waals surface area contributed by atoms with E-state index >= 15 is 0 Å². The lowest BCUT2D eigenvalue weighted by Gasteiger charge is -2.32. The molecule has 0 unspecified atom stereocenters. The second kappa shape index (κ2) is 7.07. The van der Waals surface area contributed by atoms with Crippen LogP contribution in [0, 0.1) is 5.92 Å². The van der Waals surface area contributed by atoms with Gasteiger partial charge in [-0.2, -0.15) is 0 Å². The van der Waals surface area contributed by atoms with Crippen LogP contribution in [0.25, 0.3) is 0 Å². The molecule has 0 aliphatic carbocycles. The van der Waals surface area contributed by atoms with Crippen LogP contribution >= 0.6 is 15.9 Å². The van der Waals surface area contributed by atoms with Gasteiger partial charge in [0.2, 0.25) is 11.8 Å². The Balaban J connectivity index is 2.04. The van der Waals surface area contributed by atoms with Crippen LogP contribution in [0.15, 0.2) is 28.7 Å². The Bertz CT molecular complexity index is 508. The van der Waals surface area contributed by atoms with Gasteiger partial charge in [-0.25, -0.2) is 0 Å². The molecule has 5 heteroatoms. The highest BCUT2D eigenvalue weighted by Gasteiger charge is 2.23. The molecule has 0 saturated carbocycles. The minimum Gasteiger partial charge on any atom is -0.341 e. The summed E-state index contributed by atoms with van der Waals surface area (Å²) in [4.78, 5) is 27.6. The first kappa shape index (κ1) is 16.0. The molecule has 1 saturated heterocycles. The number of rotatable bonds is 3. The van der Waals surface area contributed by atoms with Crippen LogP contribution in [-0.2, 0) is 9.59 Å². The summed E-state index contributed by atoms with van der Waals surface area (Å²) in [6, 6.07) is 7.44. The maximum absolute atomic E-state index is 12.4. The molecular formula is C16H21BrN2O2. The largest absolute Gasteiger partial charge is 0.341 e. The SMILES string of the molecule is CC(=O)N(CC(=O)N1CCC(C)CC1)c1ccc(Br)cc1. The fraction of sp³-hybridized carbons (Fsp3) is 0.500. The monoisotopic (exact) mass is 352 g/mol. The molecule has 0 aromatic heterocycles. The predicted octanol–water partition coefficient (Wildman–Crippen LogP) is 3.06. The minimum absolute atomic E-state index is 0.0278. The molecule has 1 aliphatic heterocycles. The average Bonchev–Trinajstić information content (AvgIpc) is 2.46. The van der Waals surface area contributed by atoms with Crippen molar-refractivity contribution in [2.24, 2.45) is 5.92 Å². The first-order valence-electron chi connectivity index (χ1n) is 7.29. The molecular weight excluding hydrogens is 332 g/mol. The van der Waals surface area contributed by atoms with Crippen LogP contribution in [0.5, 0.6) is 0 Å². The van der Waals surface area contributed by atoms with E-state index in [-0.39, 0.29) is 18.4 Å². The van der Waals surface area contributed by atoms with E-state index in [2.05, 4.69) is 22.9 Å². The smallest absolute Gasteiger partial charge is 0.242 e. The molecule has 0 bridgehead atoms. The van der Waals surface area contributed by atoms with Crippen molar-refractivity contribution in [3.05, 3.63) is 28.7 Å². The van der Waals surface area contributed by atoms with Gasteiger partial charge in [0, 0.05) is 30.2 Å². The third-order valence-corrected chi connectivity index (χ3v) is 4.48. The molecule has 2 amide bonds. The lowest BCUT2D eigenvalue weighted by Crippen LogP contribution is -2.45. The Labute approximate surface area is 134 Å². The van der Waals surface area contributed by atoms with Gasteiger partial charge in [0.15, 0.2) is 0 Å². The van der Waals surface area contributed by atoms with Gasteiger partial charge >= 0.3 is 0 Å². The second-order valence-electron chi connectivity index (χ2n) is 5.64. The summed E-state index contributed by atoms with van der Waals surface area (Å²) in [6.07, 6.45) is 2.09. The maximum atomic E-state index is 12.4. The molecule has 0 N–H and O–H groups in total. The van der Waals surface area contributed by atoms with Crippen LogP contribution in [-0.4, -0.2) is 36.3 Å². The van der Waals surface area contributed by atoms with Gasteiger partial charge in [0.1, 0.15) is 6.54 Å². The van der Waals surface area contributed by atoms with Crippen LogP contribution in [0.2, 0.25) is 0 Å². The summed E-state index contributed by atoms with van der Waals surface area (Å²) in [7, 11) is 0. The first-order valence-corrected chi connectivity index (χ1v) is 8.08. The summed E-state index contributed by atoms with van der Waals surface area (Å²) in [6.45, 7) is 5.42. The summed E-state index contributed by atoms with van der Waals surface area (Å²) < 4.78 is 0.950. The molecule has 0 atom stereocenters. The normalized spacial score (nSPS) is 15.9. The zero-order valence-electron chi connectivity index (χ0n) is 12.5. The first-order chi connectivity index (χ1) is 9.97. The molecule has 1 fully saturated rings. The van der Waals surface area contributed by atoms with E-state index in [1.165, 1.54) is 11.8 Å². The molecule has 114 valence electrons. The van der Waals surface area contributed by atoms with Crippen LogP contribution < -0.4 is 4.90 Å². The number of amides is 2. The van der Waals surface area contributed by atoms with Gasteiger partial charge in [-0.05, 0) is 43.0 Å². The molecule has 1 aliphatic rings. The predicted molar refractivity (Wildman–Crippen MR) is 87.1 cm³/mol. The number of carbonyl (C=O) groups excluding carboxylic acids is 2. The number of anilines is 1. The van der Waals surface area contributed by atoms with Crippen LogP contribution in [0.1, 0.15) is 26.7 Å². The second-order valence-corrected chi connectivity index (χ2v) is 6.56. The third-order valence-electron chi connectivity index (χ3n) is 3.95. The lowest BCUT2D eigenvalue weighted by molar-refractivity contribution is -0.132. The van der Waals surface area contributed by atoms with E-state index in [1.54, 1.807) is 0 Å². The van der Waals surface area contributed by atoms with Gasteiger partial charge in [0.05, 0.1) is 0 Å². The molecule has 0 radical (unpaired) electrons. The van der Waals surface area contributed by atoms with E-state index in [0.717, 1.165) is 36.1 Å². The van der Waals surface area contributed by atoms with Gasteiger partial charge < -0.3 is 9.80 Å². The van der Waals surface area contributed by atoms with Crippen molar-refractivity contribution in [1.82, 2.24) is 4.90 Å². The van der Waals surface area contributed by atoms with E-state index in [0.29, 0.717) is 5.92 Å². The van der Waals surface area contributed by atoms with Gasteiger partial charge in [-0.15, -0.1) is 0 Å². The molecule has 1 heterocycles. The van der Waals surface area contributed by atoms with Crippen molar-refractivity contribution < 1.29 is 9.59 Å². The molecule has 1 aromatic carbocycles. The number of likely N-dealkylation sites (tertiary alicyclic amines) is 1. The molecule has 0 spiro atoms. The van der Waals surface area contributed by atoms with Crippen molar-refractivity contribution in [2.75, 3.05) is 24.5 Å². The standard InChI is InChI=1S/C16H21BrN2O2/c1-12-7-9-18(10-8-12)16(21)11-19(13(2)20)15-5-3-14(17)4-6-15/h3-6,12H,7-11H2,1-2H3. The number of halogens is 1. The number of carbonyl (C=O) groups is 2. The van der Waals surface area contributed by atoms with Crippen molar-refractivity contribution in [2.45, 2.75) is 26.7 Å². The van der Waals surface area contributed by atoms with Gasteiger partial charge in [0.25, 0.3) is 0 Å². The Kier molecular flexibility index (Phi) is 5.39. The molecule has 21 heavy (non-hydrogen) atoms. The van der Waals surface area contributed by atoms with Gasteiger partial charge in [-0.3, -0.25) is 9.59 Å². The third kappa shape index (κ3) is 4.30. The Morgan fingerprint density at radius 3 is 2.33 bits per heavy atom. The Morgan fingerprint density at radius 1 is 1.24 bits per heavy atom. The fourth-order valence-corrected chi connectivity index (χ4v) is 2.76. The highest BCUT2D eigenvalue weighted by atomic mass is 79.9. The van der Waals surface area contributed by atoms with Gasteiger partial charge in [-0.1, -0.05) is 22.9 Å². The van der Waals surface area contributed by atoms with E-state index < -0.39 is 0 Å². The molecule has 4 nitrogen and oxygen atoms in total. The highest BCUT2D eigenvalue weighted by molar-refractivity contribution is 9.10. The summed E-state index contributed by atoms with van der Waals surface area (Å²) in [5.41, 5.74) is 0.754. The zero-order valence-corrected chi connectivity index (χ0v) is 14.1. The number of hydrogen-bond acceptors (Lipinski definition) is 2. The van der Waals surface area contributed by atoms with Crippen molar-refractivity contribution in [3.63, 3.8) is 0 Å². The number of nitrogens with zero attached hydrogens (tertiary/aromatic N) is 2. The van der Waals surface area contributed by atoms with Crippen molar-refractivity contribution in [3.8, 4) is 0 Å². The van der Waals surface area contributed by atoms with E-state index in [9.17, 15) is 9.59 Å². The minimum atomic E-state index is -0.115. The average molecular weight is 353 g/mol. The number of hydrogen-bond donors (Lipinski definition) is 0. The van der Waals surface area contributed by atoms with Crippen LogP contribution in [0.3, 0.4) is 0 Å². The Morgan fingerprint density at radius 2 is 1.81 bits per heavy atom. The van der Waals surface area contributed by atoms with E-state index in [1.807, 2.05) is 29.2 Å². The van der Waals surface area contributed by atoms with Crippen molar-refractivity contribution in [1.29, 1.82) is 0 Å².